The van der Waals surface area contributed by atoms with Crippen molar-refractivity contribution in [3.8, 4) is 0 Å². The zero-order valence-corrected chi connectivity index (χ0v) is 11.7. The predicted molar refractivity (Wildman–Crippen MR) is 69.6 cm³/mol. The molecule has 12 heteroatoms. The molecular formula is C10H11F3N6O2S. The summed E-state index contributed by atoms with van der Waals surface area (Å²) in [6.07, 6.45) is -1.93. The third kappa shape index (κ3) is 3.16. The monoisotopic (exact) mass is 336 g/mol. The first-order valence-corrected chi connectivity index (χ1v) is 7.70. The van der Waals surface area contributed by atoms with Crippen molar-refractivity contribution in [1.82, 2.24) is 20.2 Å². The van der Waals surface area contributed by atoms with Crippen LogP contribution < -0.4 is 10.0 Å². The number of nitrogens with zero attached hydrogens (tertiary/aromatic N) is 2. The van der Waals surface area contributed by atoms with E-state index in [1.165, 1.54) is 0 Å². The largest absolute Gasteiger partial charge is 0.431 e. The van der Waals surface area contributed by atoms with Crippen LogP contribution in [-0.2, 0) is 16.2 Å². The summed E-state index contributed by atoms with van der Waals surface area (Å²) < 4.78 is 63.4. The van der Waals surface area contributed by atoms with Gasteiger partial charge in [-0.05, 0) is 18.9 Å². The van der Waals surface area contributed by atoms with E-state index in [0.29, 0.717) is 6.07 Å². The number of rotatable bonds is 5. The van der Waals surface area contributed by atoms with Gasteiger partial charge in [0.2, 0.25) is 11.9 Å². The average Bonchev–Trinajstić information content (AvgIpc) is 2.90. The van der Waals surface area contributed by atoms with Crippen molar-refractivity contribution in [3.05, 3.63) is 18.0 Å². The smallest absolute Gasteiger partial charge is 0.356 e. The molecule has 2 aromatic heterocycles. The van der Waals surface area contributed by atoms with Gasteiger partial charge in [-0.1, -0.05) is 0 Å². The van der Waals surface area contributed by atoms with E-state index in [1.807, 2.05) is 9.71 Å². The van der Waals surface area contributed by atoms with Gasteiger partial charge in [-0.3, -0.25) is 0 Å². The van der Waals surface area contributed by atoms with Crippen molar-refractivity contribution in [1.29, 1.82) is 0 Å². The van der Waals surface area contributed by atoms with Crippen molar-refractivity contribution in [2.24, 2.45) is 0 Å². The highest BCUT2D eigenvalue weighted by molar-refractivity contribution is 7.92. The van der Waals surface area contributed by atoms with Crippen LogP contribution >= 0.6 is 0 Å². The first kappa shape index (κ1) is 14.7. The molecule has 4 N–H and O–H groups in total. The lowest BCUT2D eigenvalue weighted by Gasteiger charge is -2.02. The number of aromatic nitrogens is 4. The number of alkyl halides is 3. The Kier molecular flexibility index (Phi) is 3.27. The Morgan fingerprint density at radius 1 is 1.32 bits per heavy atom. The van der Waals surface area contributed by atoms with E-state index in [9.17, 15) is 21.6 Å². The van der Waals surface area contributed by atoms with Gasteiger partial charge in [0, 0.05) is 12.2 Å². The second kappa shape index (κ2) is 4.90. The van der Waals surface area contributed by atoms with Gasteiger partial charge in [0.1, 0.15) is 10.6 Å². The summed E-state index contributed by atoms with van der Waals surface area (Å²) in [7, 11) is -4.20. The molecule has 120 valence electrons. The van der Waals surface area contributed by atoms with Crippen LogP contribution in [0.25, 0.3) is 0 Å². The Morgan fingerprint density at radius 2 is 2.05 bits per heavy atom. The third-order valence-corrected chi connectivity index (χ3v) is 4.22. The fourth-order valence-corrected chi connectivity index (χ4v) is 2.61. The summed E-state index contributed by atoms with van der Waals surface area (Å²) in [6, 6.07) is 0.779. The zero-order chi connectivity index (χ0) is 16.0. The maximum Gasteiger partial charge on any atom is 0.431 e. The van der Waals surface area contributed by atoms with Gasteiger partial charge >= 0.3 is 6.18 Å². The summed E-state index contributed by atoms with van der Waals surface area (Å²) >= 11 is 0. The van der Waals surface area contributed by atoms with Gasteiger partial charge in [-0.2, -0.15) is 18.2 Å². The SMILES string of the molecule is O=S(=O)(Nc1nc(NC2CC2)n[nH]1)c1c[nH]c(C(F)(F)F)c1. The van der Waals surface area contributed by atoms with Crippen LogP contribution in [0, 0.1) is 0 Å². The average molecular weight is 336 g/mol. The molecule has 2 heterocycles. The van der Waals surface area contributed by atoms with E-state index in [1.54, 1.807) is 0 Å². The maximum atomic E-state index is 12.5. The van der Waals surface area contributed by atoms with Crippen molar-refractivity contribution >= 4 is 21.9 Å². The molecule has 0 radical (unpaired) electrons. The van der Waals surface area contributed by atoms with Gasteiger partial charge in [-0.25, -0.2) is 18.2 Å². The van der Waals surface area contributed by atoms with Crippen LogP contribution in [0.4, 0.5) is 25.1 Å². The minimum absolute atomic E-state index is 0.182. The zero-order valence-electron chi connectivity index (χ0n) is 10.9. The van der Waals surface area contributed by atoms with Gasteiger partial charge < -0.3 is 10.3 Å². The van der Waals surface area contributed by atoms with Gasteiger partial charge in [0.25, 0.3) is 10.0 Å². The molecule has 0 aromatic carbocycles. The van der Waals surface area contributed by atoms with E-state index < -0.39 is 26.8 Å². The normalized spacial score (nSPS) is 15.8. The fraction of sp³-hybridized carbons (Fsp3) is 0.400. The number of hydrogen-bond donors (Lipinski definition) is 4. The van der Waals surface area contributed by atoms with Gasteiger partial charge in [0.05, 0.1) is 0 Å². The lowest BCUT2D eigenvalue weighted by molar-refractivity contribution is -0.140. The van der Waals surface area contributed by atoms with Gasteiger partial charge in [-0.15, -0.1) is 5.10 Å². The molecule has 22 heavy (non-hydrogen) atoms. The molecule has 0 bridgehead atoms. The molecule has 1 aliphatic carbocycles. The molecule has 1 fully saturated rings. The highest BCUT2D eigenvalue weighted by atomic mass is 32.2. The van der Waals surface area contributed by atoms with E-state index in [4.69, 9.17) is 0 Å². The molecule has 0 aliphatic heterocycles. The number of aromatic amines is 2. The standard InChI is InChI=1S/C10H11F3N6O2S/c11-10(12,13)7-3-6(4-14-7)22(20,21)19-9-16-8(17-18-9)15-5-1-2-5/h3-5,14H,1-2H2,(H3,15,16,17,18,19). The van der Waals surface area contributed by atoms with E-state index in [-0.39, 0.29) is 17.9 Å². The summed E-state index contributed by atoms with van der Waals surface area (Å²) in [4.78, 5) is 5.18. The van der Waals surface area contributed by atoms with E-state index in [0.717, 1.165) is 19.0 Å². The second-order valence-corrected chi connectivity index (χ2v) is 6.46. The summed E-state index contributed by atoms with van der Waals surface area (Å²) in [5.41, 5.74) is -1.15. The molecule has 0 amide bonds. The van der Waals surface area contributed by atoms with Crippen LogP contribution in [0.15, 0.2) is 17.2 Å². The van der Waals surface area contributed by atoms with Crippen molar-refractivity contribution in [2.75, 3.05) is 10.0 Å². The second-order valence-electron chi connectivity index (χ2n) is 4.78. The summed E-state index contributed by atoms with van der Waals surface area (Å²) in [5, 5.41) is 9.05. The van der Waals surface area contributed by atoms with Crippen LogP contribution in [0.1, 0.15) is 18.5 Å². The summed E-state index contributed by atoms with van der Waals surface area (Å²) in [5.74, 6) is 0.0446. The van der Waals surface area contributed by atoms with Crippen LogP contribution in [0.3, 0.4) is 0 Å². The molecule has 1 aliphatic rings. The van der Waals surface area contributed by atoms with Gasteiger partial charge in [0.15, 0.2) is 0 Å². The van der Waals surface area contributed by atoms with Crippen LogP contribution in [0.2, 0.25) is 0 Å². The molecule has 2 aromatic rings. The minimum atomic E-state index is -4.65. The Balaban J connectivity index is 1.75. The van der Waals surface area contributed by atoms with E-state index in [2.05, 4.69) is 20.5 Å². The number of anilines is 2. The molecule has 0 unspecified atom stereocenters. The van der Waals surface area contributed by atoms with Crippen molar-refractivity contribution < 1.29 is 21.6 Å². The number of halogens is 3. The quantitative estimate of drug-likeness (QED) is 0.661. The summed E-state index contributed by atoms with van der Waals surface area (Å²) in [6.45, 7) is 0. The highest BCUT2D eigenvalue weighted by Gasteiger charge is 2.34. The minimum Gasteiger partial charge on any atom is -0.356 e. The number of sulfonamides is 1. The van der Waals surface area contributed by atoms with Crippen molar-refractivity contribution in [2.45, 2.75) is 30.0 Å². The van der Waals surface area contributed by atoms with E-state index >= 15 is 0 Å². The first-order chi connectivity index (χ1) is 10.2. The lowest BCUT2D eigenvalue weighted by atomic mass is 10.4. The third-order valence-electron chi connectivity index (χ3n) is 2.90. The number of hydrogen-bond acceptors (Lipinski definition) is 5. The number of nitrogens with one attached hydrogen (secondary N) is 4. The molecule has 1 saturated carbocycles. The highest BCUT2D eigenvalue weighted by Crippen LogP contribution is 2.30. The molecular weight excluding hydrogens is 325 g/mol. The number of H-pyrrole nitrogens is 2. The maximum absolute atomic E-state index is 12.5. The van der Waals surface area contributed by atoms with Crippen molar-refractivity contribution in [3.63, 3.8) is 0 Å². The topological polar surface area (TPSA) is 116 Å². The molecule has 3 rings (SSSR count). The Bertz CT molecular complexity index is 777. The fourth-order valence-electron chi connectivity index (χ4n) is 1.66. The lowest BCUT2D eigenvalue weighted by Crippen LogP contribution is -2.13. The molecule has 8 nitrogen and oxygen atoms in total. The van der Waals surface area contributed by atoms with Crippen LogP contribution in [0.5, 0.6) is 0 Å². The Hall–Kier alpha value is -2.24. The molecule has 0 atom stereocenters. The molecule has 0 spiro atoms. The van der Waals surface area contributed by atoms with Crippen LogP contribution in [-0.4, -0.2) is 34.6 Å². The Morgan fingerprint density at radius 3 is 2.64 bits per heavy atom. The predicted octanol–water partition coefficient (Wildman–Crippen LogP) is 1.53. The Labute approximate surface area is 122 Å². The first-order valence-electron chi connectivity index (χ1n) is 6.21. The molecule has 0 saturated heterocycles.